The van der Waals surface area contributed by atoms with Gasteiger partial charge in [-0.05, 0) is 10.4 Å². The predicted molar refractivity (Wildman–Crippen MR) is 17.7 cm³/mol. The summed E-state index contributed by atoms with van der Waals surface area (Å²) in [5, 5.41) is 0. The van der Waals surface area contributed by atoms with Crippen molar-refractivity contribution in [2.45, 2.75) is 0 Å². The van der Waals surface area contributed by atoms with Gasteiger partial charge in [-0.2, -0.15) is 0 Å². The van der Waals surface area contributed by atoms with Crippen LogP contribution in [0.25, 0.3) is 10.4 Å². The minimum absolute atomic E-state index is 0.598. The quantitative estimate of drug-likeness (QED) is 0.165. The van der Waals surface area contributed by atoms with Gasteiger partial charge in [0.25, 0.3) is 0 Å². The lowest BCUT2D eigenvalue weighted by Gasteiger charge is -1.34. The molecule has 0 aliphatic heterocycles. The van der Waals surface area contributed by atoms with Gasteiger partial charge >= 0.3 is 16.5 Å². The third-order valence-corrected chi connectivity index (χ3v) is 0.268. The van der Waals surface area contributed by atoms with Crippen molar-refractivity contribution in [1.29, 1.82) is 0 Å². The van der Waals surface area contributed by atoms with E-state index in [0.29, 0.717) is 16.5 Å². The number of hydrogen-bond acceptors (Lipinski definition) is 1. The van der Waals surface area contributed by atoms with Gasteiger partial charge < -0.3 is 0 Å². The fourth-order valence-electron chi connectivity index (χ4n) is 0. The molecule has 3 nitrogen and oxygen atoms in total. The maximum atomic E-state index is 7.37. The molecule has 20 valence electrons. The van der Waals surface area contributed by atoms with E-state index in [4.69, 9.17) is 5.53 Å². The molecule has 0 aliphatic rings. The fraction of sp³-hybridized carbons (Fsp3) is 0. The van der Waals surface area contributed by atoms with Crippen molar-refractivity contribution in [3.05, 3.63) is 10.4 Å². The molecule has 0 aliphatic carbocycles. The minimum atomic E-state index is 0.598. The lowest BCUT2D eigenvalue weighted by atomic mass is 13.0. The first-order chi connectivity index (χ1) is 1.91. The van der Waals surface area contributed by atoms with Crippen LogP contribution in [-0.4, -0.2) is 16.5 Å². The van der Waals surface area contributed by atoms with Crippen LogP contribution >= 0.6 is 0 Å². The first-order valence-electron chi connectivity index (χ1n) is 0.847. The SMILES string of the molecule is [N-]=[N+]=[N][AlH2]. The molecule has 0 amide bonds. The maximum Gasteiger partial charge on any atom is 0.340 e. The second kappa shape index (κ2) is 2.84. The Bertz CT molecular complexity index is 41.2. The van der Waals surface area contributed by atoms with E-state index in [9.17, 15) is 0 Å². The van der Waals surface area contributed by atoms with Crippen LogP contribution in [0.2, 0.25) is 0 Å². The molecule has 0 spiro atoms. The Morgan fingerprint density at radius 3 is 2.25 bits per heavy atom. The van der Waals surface area contributed by atoms with Crippen molar-refractivity contribution in [1.82, 2.24) is 0 Å². The summed E-state index contributed by atoms with van der Waals surface area (Å²) in [7, 11) is 0. The van der Waals surface area contributed by atoms with Gasteiger partial charge in [-0.15, -0.1) is 0 Å². The van der Waals surface area contributed by atoms with Gasteiger partial charge in [-0.25, -0.2) is 4.10 Å². The molecule has 0 saturated heterocycles. The third kappa shape index (κ3) is 1.84. The summed E-state index contributed by atoms with van der Waals surface area (Å²) in [6.45, 7) is 0. The van der Waals surface area contributed by atoms with Crippen LogP contribution in [0.3, 0.4) is 0 Å². The van der Waals surface area contributed by atoms with Crippen LogP contribution in [0.5, 0.6) is 0 Å². The third-order valence-electron chi connectivity index (χ3n) is 0.0894. The van der Waals surface area contributed by atoms with Crippen molar-refractivity contribution in [2.24, 2.45) is 4.10 Å². The lowest BCUT2D eigenvalue weighted by Crippen LogP contribution is -1.30. The predicted octanol–water partition coefficient (Wildman–Crippen LogP) is -0.155. The van der Waals surface area contributed by atoms with Crippen molar-refractivity contribution in [2.75, 3.05) is 0 Å². The van der Waals surface area contributed by atoms with E-state index in [-0.39, 0.29) is 0 Å². The highest BCUT2D eigenvalue weighted by Crippen LogP contribution is 1.44. The van der Waals surface area contributed by atoms with Gasteiger partial charge in [0.05, 0.1) is 0 Å². The number of nitrogens with zero attached hydrogens (tertiary/aromatic N) is 3. The van der Waals surface area contributed by atoms with Crippen LogP contribution in [0, 0.1) is 0 Å². The molecule has 4 heteroatoms. The molecule has 0 aromatic rings. The van der Waals surface area contributed by atoms with E-state index in [2.05, 4.69) is 9.01 Å². The Kier molecular flexibility index (Phi) is 2.73. The topological polar surface area (TPSA) is 48.8 Å². The van der Waals surface area contributed by atoms with Gasteiger partial charge in [0.2, 0.25) is 0 Å². The zero-order valence-corrected chi connectivity index (χ0v) is 4.34. The highest BCUT2D eigenvalue weighted by Gasteiger charge is 1.32. The van der Waals surface area contributed by atoms with Gasteiger partial charge in [-0.1, -0.05) is 0 Å². The molecule has 0 heterocycles. The first-order valence-corrected chi connectivity index (χ1v) is 1.74. The monoisotopic (exact) mass is 71.0 g/mol. The summed E-state index contributed by atoms with van der Waals surface area (Å²) in [6, 6.07) is 0. The standard InChI is InChI=1S/Al.N3.2H/c;1-3-2;;/q+1;-1;;. The number of hydrogen-bond donors (Lipinski definition) is 0. The molecule has 0 unspecified atom stereocenters. The maximum absolute atomic E-state index is 7.37. The molecule has 0 fully saturated rings. The average molecular weight is 71.0 g/mol. The summed E-state index contributed by atoms with van der Waals surface area (Å²) in [6.07, 6.45) is 0. The second-order valence-corrected chi connectivity index (χ2v) is 0.689. The van der Waals surface area contributed by atoms with Crippen molar-refractivity contribution in [3.8, 4) is 0 Å². The van der Waals surface area contributed by atoms with Gasteiger partial charge in [0.15, 0.2) is 0 Å². The van der Waals surface area contributed by atoms with E-state index in [1.54, 1.807) is 0 Å². The normalized spacial score (nSPS) is 4.00. The molecule has 4 heavy (non-hydrogen) atoms. The molecule has 0 bridgehead atoms. The Morgan fingerprint density at radius 1 is 2.00 bits per heavy atom. The Hall–Kier alpha value is -0.158. The molecule has 0 aromatic heterocycles. The smallest absolute Gasteiger partial charge is 0.212 e. The molecule has 0 radical (unpaired) electrons. The first kappa shape index (κ1) is 3.84. The largest absolute Gasteiger partial charge is 0.340 e. The van der Waals surface area contributed by atoms with Crippen LogP contribution in [0.15, 0.2) is 4.10 Å². The fourth-order valence-corrected chi connectivity index (χ4v) is 0. The van der Waals surface area contributed by atoms with E-state index in [1.807, 2.05) is 0 Å². The number of rotatable bonds is 0. The van der Waals surface area contributed by atoms with Crippen LogP contribution < -0.4 is 0 Å². The highest BCUT2D eigenvalue weighted by atomic mass is 27.1. The molecule has 0 rings (SSSR count). The van der Waals surface area contributed by atoms with Gasteiger partial charge in [0, 0.05) is 0 Å². The average Bonchev–Trinajstić information content (AvgIpc) is 1.37. The zero-order valence-electron chi connectivity index (χ0n) is 2.34. The summed E-state index contributed by atoms with van der Waals surface area (Å²) >= 11 is 0.598. The Morgan fingerprint density at radius 2 is 2.25 bits per heavy atom. The summed E-state index contributed by atoms with van der Waals surface area (Å²) in [5.74, 6) is 0. The van der Waals surface area contributed by atoms with Gasteiger partial charge in [-0.3, -0.25) is 0 Å². The van der Waals surface area contributed by atoms with Crippen molar-refractivity contribution < 1.29 is 0 Å². The Labute approximate surface area is 31.9 Å². The van der Waals surface area contributed by atoms with Crippen molar-refractivity contribution >= 4 is 16.5 Å². The zero-order chi connectivity index (χ0) is 3.41. The molecule has 0 saturated carbocycles. The van der Waals surface area contributed by atoms with E-state index < -0.39 is 0 Å². The van der Waals surface area contributed by atoms with E-state index >= 15 is 0 Å². The lowest BCUT2D eigenvalue weighted by molar-refractivity contribution is 1.78. The second-order valence-electron chi connectivity index (χ2n) is 0.289. The molecular formula is H2AlN3. The van der Waals surface area contributed by atoms with E-state index in [1.165, 1.54) is 0 Å². The van der Waals surface area contributed by atoms with Gasteiger partial charge in [0.1, 0.15) is 0 Å². The molecule has 0 aromatic carbocycles. The number of azide groups is 1. The summed E-state index contributed by atoms with van der Waals surface area (Å²) < 4.78 is 3.06. The Balaban J connectivity index is 3.11. The summed E-state index contributed by atoms with van der Waals surface area (Å²) in [5.41, 5.74) is 7.37. The highest BCUT2D eigenvalue weighted by molar-refractivity contribution is 6.05. The van der Waals surface area contributed by atoms with Crippen LogP contribution in [0.4, 0.5) is 0 Å². The summed E-state index contributed by atoms with van der Waals surface area (Å²) in [4.78, 5) is 2.42. The molecule has 0 N–H and O–H groups in total. The van der Waals surface area contributed by atoms with Crippen molar-refractivity contribution in [3.63, 3.8) is 0 Å². The molecular weight excluding hydrogens is 69.0 g/mol. The van der Waals surface area contributed by atoms with Crippen LogP contribution in [0.1, 0.15) is 0 Å². The van der Waals surface area contributed by atoms with E-state index in [0.717, 1.165) is 0 Å². The molecule has 0 atom stereocenters. The minimum Gasteiger partial charge on any atom is -0.212 e. The van der Waals surface area contributed by atoms with Crippen LogP contribution in [-0.2, 0) is 0 Å².